The highest BCUT2D eigenvalue weighted by atomic mass is 79.9. The first-order valence-corrected chi connectivity index (χ1v) is 6.92. The van der Waals surface area contributed by atoms with Gasteiger partial charge in [-0.3, -0.25) is 4.79 Å². The number of halogens is 2. The lowest BCUT2D eigenvalue weighted by Crippen LogP contribution is -2.11. The summed E-state index contributed by atoms with van der Waals surface area (Å²) in [7, 11) is 0. The molecule has 19 heavy (non-hydrogen) atoms. The molecule has 2 rings (SSSR count). The molecule has 3 nitrogen and oxygen atoms in total. The fourth-order valence-corrected chi connectivity index (χ4v) is 2.28. The molecule has 5 heteroatoms. The summed E-state index contributed by atoms with van der Waals surface area (Å²) in [5.41, 5.74) is 1.44. The summed E-state index contributed by atoms with van der Waals surface area (Å²) in [6, 6.07) is 12.2. The van der Waals surface area contributed by atoms with Crippen LogP contribution in [0.15, 0.2) is 51.4 Å². The first kappa shape index (κ1) is 13.8. The molecule has 0 aliphatic rings. The molecule has 0 fully saturated rings. The van der Waals surface area contributed by atoms with Crippen LogP contribution >= 0.6 is 31.9 Å². The summed E-state index contributed by atoms with van der Waals surface area (Å²) in [4.78, 5) is 15.5. The largest absolute Gasteiger partial charge is 0.331 e. The maximum absolute atomic E-state index is 12.1. The monoisotopic (exact) mass is 378 g/mol. The Labute approximate surface area is 127 Å². The molecule has 94 valence electrons. The third-order valence-electron chi connectivity index (χ3n) is 2.42. The average Bonchev–Trinajstić information content (AvgIpc) is 2.40. The molecule has 0 bridgehead atoms. The van der Waals surface area contributed by atoms with Crippen molar-refractivity contribution in [1.29, 1.82) is 0 Å². The molecule has 0 radical (unpaired) electrons. The second-order valence-corrected chi connectivity index (χ2v) is 5.57. The quantitative estimate of drug-likeness (QED) is 0.730. The molecule has 2 aromatic carbocycles. The Balaban J connectivity index is 2.27. The summed E-state index contributed by atoms with van der Waals surface area (Å²) < 4.78 is 1.64. The Hall–Kier alpha value is -1.64. The van der Waals surface area contributed by atoms with Crippen LogP contribution in [0.3, 0.4) is 0 Å². The van der Waals surface area contributed by atoms with E-state index >= 15 is 0 Å². The van der Waals surface area contributed by atoms with Crippen molar-refractivity contribution in [2.24, 2.45) is 0 Å². The zero-order valence-electron chi connectivity index (χ0n) is 9.65. The van der Waals surface area contributed by atoms with Gasteiger partial charge in [0.2, 0.25) is 5.69 Å². The van der Waals surface area contributed by atoms with Crippen molar-refractivity contribution in [2.45, 2.75) is 0 Å². The maximum atomic E-state index is 12.1. The zero-order chi connectivity index (χ0) is 13.8. The summed E-state index contributed by atoms with van der Waals surface area (Å²) >= 11 is 6.61. The Morgan fingerprint density at radius 3 is 2.53 bits per heavy atom. The van der Waals surface area contributed by atoms with E-state index in [0.29, 0.717) is 16.9 Å². The molecule has 0 aliphatic heterocycles. The molecule has 2 aromatic rings. The highest BCUT2D eigenvalue weighted by Gasteiger charge is 2.09. The molecule has 0 unspecified atom stereocenters. The number of benzene rings is 2. The minimum atomic E-state index is -0.242. The van der Waals surface area contributed by atoms with Gasteiger partial charge in [-0.1, -0.05) is 37.9 Å². The molecule has 0 heterocycles. The van der Waals surface area contributed by atoms with E-state index in [9.17, 15) is 4.79 Å². The van der Waals surface area contributed by atoms with Crippen LogP contribution in [0.2, 0.25) is 0 Å². The summed E-state index contributed by atoms with van der Waals surface area (Å²) in [6.07, 6.45) is 0. The number of hydrogen-bond acceptors (Lipinski definition) is 1. The van der Waals surface area contributed by atoms with E-state index in [1.54, 1.807) is 36.4 Å². The lowest BCUT2D eigenvalue weighted by Gasteiger charge is -2.08. The van der Waals surface area contributed by atoms with E-state index in [1.165, 1.54) is 0 Å². The Morgan fingerprint density at radius 2 is 1.84 bits per heavy atom. The fraction of sp³-hybridized carbons (Fsp3) is 0. The first-order chi connectivity index (χ1) is 9.10. The van der Waals surface area contributed by atoms with Gasteiger partial charge in [-0.2, -0.15) is 0 Å². The van der Waals surface area contributed by atoms with Gasteiger partial charge in [-0.15, -0.1) is 0 Å². The van der Waals surface area contributed by atoms with Crippen LogP contribution < -0.4 is 5.32 Å². The van der Waals surface area contributed by atoms with Crippen LogP contribution in [0.4, 0.5) is 11.4 Å². The average molecular weight is 380 g/mol. The van der Waals surface area contributed by atoms with E-state index in [4.69, 9.17) is 6.57 Å². The molecule has 0 saturated carbocycles. The van der Waals surface area contributed by atoms with Gasteiger partial charge in [-0.25, -0.2) is 4.85 Å². The third-order valence-corrected chi connectivity index (χ3v) is 3.40. The number of carbonyl (C=O) groups excluding carboxylic acids is 1. The van der Waals surface area contributed by atoms with Crippen LogP contribution in [-0.4, -0.2) is 5.91 Å². The summed E-state index contributed by atoms with van der Waals surface area (Å²) in [5, 5.41) is 2.74. The maximum Gasteiger partial charge on any atom is 0.254 e. The number of carbonyl (C=O) groups is 1. The van der Waals surface area contributed by atoms with E-state index in [0.717, 1.165) is 8.95 Å². The van der Waals surface area contributed by atoms with Crippen LogP contribution in [-0.2, 0) is 0 Å². The van der Waals surface area contributed by atoms with Crippen molar-refractivity contribution < 1.29 is 4.79 Å². The number of amides is 1. The highest BCUT2D eigenvalue weighted by molar-refractivity contribution is 9.10. The van der Waals surface area contributed by atoms with Crippen LogP contribution in [0.25, 0.3) is 4.85 Å². The second-order valence-electron chi connectivity index (χ2n) is 3.74. The van der Waals surface area contributed by atoms with Gasteiger partial charge in [0.05, 0.1) is 6.57 Å². The van der Waals surface area contributed by atoms with Gasteiger partial charge in [0.15, 0.2) is 0 Å². The van der Waals surface area contributed by atoms with Gasteiger partial charge >= 0.3 is 0 Å². The molecule has 0 atom stereocenters. The van der Waals surface area contributed by atoms with Gasteiger partial charge in [-0.05, 0) is 36.4 Å². The topological polar surface area (TPSA) is 33.5 Å². The van der Waals surface area contributed by atoms with Crippen molar-refractivity contribution >= 4 is 49.1 Å². The lowest BCUT2D eigenvalue weighted by atomic mass is 10.2. The number of nitrogens with one attached hydrogen (secondary N) is 1. The molecular weight excluding hydrogens is 372 g/mol. The van der Waals surface area contributed by atoms with Crippen LogP contribution in [0.1, 0.15) is 10.4 Å². The highest BCUT2D eigenvalue weighted by Crippen LogP contribution is 2.29. The minimum Gasteiger partial charge on any atom is -0.331 e. The summed E-state index contributed by atoms with van der Waals surface area (Å²) in [6.45, 7) is 7.11. The zero-order valence-corrected chi connectivity index (χ0v) is 12.8. The third kappa shape index (κ3) is 3.43. The van der Waals surface area contributed by atoms with Crippen molar-refractivity contribution in [3.8, 4) is 0 Å². The molecule has 0 saturated heterocycles. The molecule has 0 aliphatic carbocycles. The standard InChI is InChI=1S/C14H8Br2N2O/c1-17-13-8-11(16)5-6-12(13)18-14(19)9-3-2-4-10(15)7-9/h2-8H,(H,18,19). The first-order valence-electron chi connectivity index (χ1n) is 5.34. The molecule has 1 N–H and O–H groups in total. The number of hydrogen-bond donors (Lipinski definition) is 1. The SMILES string of the molecule is [C-]#[N+]c1cc(Br)ccc1NC(=O)c1cccc(Br)c1. The minimum absolute atomic E-state index is 0.242. The molecule has 0 aromatic heterocycles. The van der Waals surface area contributed by atoms with Crippen molar-refractivity contribution in [3.05, 3.63) is 68.4 Å². The normalized spacial score (nSPS) is 9.74. The smallest absolute Gasteiger partial charge is 0.254 e. The molecule has 1 amide bonds. The molecular formula is C14H8Br2N2O. The predicted octanol–water partition coefficient (Wildman–Crippen LogP) is 5.01. The Morgan fingerprint density at radius 1 is 1.11 bits per heavy atom. The lowest BCUT2D eigenvalue weighted by molar-refractivity contribution is 0.102. The number of nitrogens with zero attached hydrogens (tertiary/aromatic N) is 1. The van der Waals surface area contributed by atoms with E-state index in [2.05, 4.69) is 42.0 Å². The number of rotatable bonds is 2. The number of anilines is 1. The summed E-state index contributed by atoms with van der Waals surface area (Å²) in [5.74, 6) is -0.242. The van der Waals surface area contributed by atoms with Crippen LogP contribution in [0, 0.1) is 6.57 Å². The van der Waals surface area contributed by atoms with Gasteiger partial charge < -0.3 is 5.32 Å². The van der Waals surface area contributed by atoms with E-state index in [1.807, 2.05) is 6.07 Å². The van der Waals surface area contributed by atoms with Gasteiger partial charge in [0.1, 0.15) is 0 Å². The van der Waals surface area contributed by atoms with Crippen molar-refractivity contribution in [1.82, 2.24) is 0 Å². The Kier molecular flexibility index (Phi) is 4.35. The van der Waals surface area contributed by atoms with Crippen molar-refractivity contribution in [3.63, 3.8) is 0 Å². The Bertz CT molecular complexity index is 677. The van der Waals surface area contributed by atoms with E-state index in [-0.39, 0.29) is 5.91 Å². The second kappa shape index (κ2) is 6.00. The molecule has 0 spiro atoms. The predicted molar refractivity (Wildman–Crippen MR) is 82.5 cm³/mol. The van der Waals surface area contributed by atoms with Crippen LogP contribution in [0.5, 0.6) is 0 Å². The van der Waals surface area contributed by atoms with Gasteiger partial charge in [0, 0.05) is 20.2 Å². The van der Waals surface area contributed by atoms with E-state index < -0.39 is 0 Å². The van der Waals surface area contributed by atoms with Crippen molar-refractivity contribution in [2.75, 3.05) is 5.32 Å². The fourth-order valence-electron chi connectivity index (χ4n) is 1.53. The van der Waals surface area contributed by atoms with Gasteiger partial charge in [0.25, 0.3) is 5.91 Å².